The lowest BCUT2D eigenvalue weighted by molar-refractivity contribution is -0.148. The highest BCUT2D eigenvalue weighted by atomic mass is 35.5. The van der Waals surface area contributed by atoms with Crippen molar-refractivity contribution in [1.82, 2.24) is 0 Å². The number of amides is 1. The van der Waals surface area contributed by atoms with E-state index in [0.29, 0.717) is 16.3 Å². The van der Waals surface area contributed by atoms with Crippen molar-refractivity contribution < 1.29 is 22.7 Å². The van der Waals surface area contributed by atoms with Crippen molar-refractivity contribution in [1.29, 1.82) is 0 Å². The van der Waals surface area contributed by atoms with Crippen LogP contribution in [0.5, 0.6) is 0 Å². The molecule has 8 nitrogen and oxygen atoms in total. The first-order valence-electron chi connectivity index (χ1n) is 11.3. The molecule has 0 aromatic heterocycles. The van der Waals surface area contributed by atoms with Gasteiger partial charge in [0.2, 0.25) is 5.91 Å². The predicted molar refractivity (Wildman–Crippen MR) is 137 cm³/mol. The van der Waals surface area contributed by atoms with Crippen molar-refractivity contribution in [3.63, 3.8) is 0 Å². The Hall–Kier alpha value is -3.69. The third-order valence-electron chi connectivity index (χ3n) is 6.10. The van der Waals surface area contributed by atoms with Gasteiger partial charge in [-0.2, -0.15) is 8.42 Å². The Labute approximate surface area is 213 Å². The summed E-state index contributed by atoms with van der Waals surface area (Å²) in [6.07, 6.45) is 0.0697. The van der Waals surface area contributed by atoms with Crippen LogP contribution in [0.3, 0.4) is 0 Å². The minimum absolute atomic E-state index is 0.0542. The molecular weight excluding hydrogens is 502 g/mol. The lowest BCUT2D eigenvalue weighted by atomic mass is 10.1. The fraction of sp³-hybridized carbons (Fsp3) is 0.192. The predicted octanol–water partition coefficient (Wildman–Crippen LogP) is 3.89. The lowest BCUT2D eigenvalue weighted by Gasteiger charge is -2.25. The molecule has 0 spiro atoms. The minimum atomic E-state index is -3.86. The van der Waals surface area contributed by atoms with Crippen LogP contribution in [-0.4, -0.2) is 45.8 Å². The Morgan fingerprint density at radius 2 is 1.72 bits per heavy atom. The van der Waals surface area contributed by atoms with Gasteiger partial charge in [-0.1, -0.05) is 54.1 Å². The number of hydrogen-bond donors (Lipinski definition) is 0. The number of para-hydroxylation sites is 2. The second kappa shape index (κ2) is 9.75. The summed E-state index contributed by atoms with van der Waals surface area (Å²) in [5.74, 6) is -0.998. The van der Waals surface area contributed by atoms with E-state index in [1.165, 1.54) is 6.07 Å². The van der Waals surface area contributed by atoms with Crippen LogP contribution >= 0.6 is 11.6 Å². The summed E-state index contributed by atoms with van der Waals surface area (Å²) >= 11 is 6.43. The van der Waals surface area contributed by atoms with Gasteiger partial charge >= 0.3 is 5.97 Å². The van der Waals surface area contributed by atoms with E-state index in [0.717, 1.165) is 5.69 Å². The molecule has 184 valence electrons. The number of amidine groups is 1. The van der Waals surface area contributed by atoms with Crippen LogP contribution in [-0.2, 0) is 24.3 Å². The van der Waals surface area contributed by atoms with Gasteiger partial charge in [0.1, 0.15) is 11.5 Å². The first kappa shape index (κ1) is 24.0. The number of halogens is 1. The van der Waals surface area contributed by atoms with E-state index in [1.54, 1.807) is 52.3 Å². The topological polar surface area (TPSA) is 96.3 Å². The lowest BCUT2D eigenvalue weighted by Crippen LogP contribution is -2.35. The number of sulfonamides is 1. The average Bonchev–Trinajstić information content (AvgIpc) is 3.40. The fourth-order valence-electron chi connectivity index (χ4n) is 4.37. The summed E-state index contributed by atoms with van der Waals surface area (Å²) in [5, 5.41) is 0.396. The van der Waals surface area contributed by atoms with Crippen LogP contribution in [0.25, 0.3) is 0 Å². The average molecular weight is 524 g/mol. The minimum Gasteiger partial charge on any atom is -0.464 e. The van der Waals surface area contributed by atoms with Crippen molar-refractivity contribution in [3.8, 4) is 0 Å². The maximum absolute atomic E-state index is 12.8. The zero-order valence-corrected chi connectivity index (χ0v) is 20.7. The highest BCUT2D eigenvalue weighted by molar-refractivity contribution is 7.90. The third-order valence-corrected chi connectivity index (χ3v) is 7.74. The number of carbonyl (C=O) groups is 2. The largest absolute Gasteiger partial charge is 0.464 e. The molecule has 0 saturated carbocycles. The number of fused-ring (bicyclic) bond motifs is 1. The molecule has 2 aliphatic heterocycles. The number of rotatable bonds is 6. The van der Waals surface area contributed by atoms with Gasteiger partial charge in [0.25, 0.3) is 10.0 Å². The molecule has 0 N–H and O–H groups in total. The molecular formula is C26H22ClN3O5S. The smallest absolute Gasteiger partial charge is 0.311 e. The Balaban J connectivity index is 1.33. The van der Waals surface area contributed by atoms with Crippen LogP contribution < -0.4 is 9.80 Å². The maximum atomic E-state index is 12.8. The quantitative estimate of drug-likeness (QED) is 0.455. The molecule has 2 heterocycles. The number of benzene rings is 3. The Kier molecular flexibility index (Phi) is 6.51. The zero-order chi connectivity index (χ0) is 25.3. The summed E-state index contributed by atoms with van der Waals surface area (Å²) in [7, 11) is -3.86. The monoisotopic (exact) mass is 523 g/mol. The fourth-order valence-corrected chi connectivity index (χ4v) is 5.82. The van der Waals surface area contributed by atoms with Crippen molar-refractivity contribution in [2.45, 2.75) is 11.3 Å². The number of carbonyl (C=O) groups excluding carboxylic acids is 2. The standard InChI is InChI=1S/C26H22ClN3O5S/c27-21-11-5-6-12-22(21)29(25-20-10-4-7-13-23(20)36(33,34)28-25)14-15-35-26(32)18-16-24(31)30(17-18)19-8-2-1-3-9-19/h1-13,18H,14-17H2. The van der Waals surface area contributed by atoms with Gasteiger partial charge in [0.15, 0.2) is 5.84 Å². The van der Waals surface area contributed by atoms with Gasteiger partial charge < -0.3 is 14.5 Å². The molecule has 2 aliphatic rings. The molecule has 1 atom stereocenters. The zero-order valence-electron chi connectivity index (χ0n) is 19.1. The van der Waals surface area contributed by atoms with Gasteiger partial charge in [0, 0.05) is 24.2 Å². The molecule has 1 fully saturated rings. The first-order valence-corrected chi connectivity index (χ1v) is 13.2. The number of anilines is 2. The molecule has 1 amide bonds. The molecule has 10 heteroatoms. The maximum Gasteiger partial charge on any atom is 0.311 e. The van der Waals surface area contributed by atoms with E-state index >= 15 is 0 Å². The van der Waals surface area contributed by atoms with E-state index < -0.39 is 21.9 Å². The van der Waals surface area contributed by atoms with Gasteiger partial charge in [-0.3, -0.25) is 9.59 Å². The summed E-state index contributed by atoms with van der Waals surface area (Å²) in [4.78, 5) is 28.6. The summed E-state index contributed by atoms with van der Waals surface area (Å²) in [6.45, 7) is 0.302. The SMILES string of the molecule is O=C(OCCN(C1=NS(=O)(=O)c2ccccc21)c1ccccc1Cl)C1CC(=O)N(c2ccccc2)C1. The Morgan fingerprint density at radius 1 is 1.03 bits per heavy atom. The molecule has 1 saturated heterocycles. The van der Waals surface area contributed by atoms with Gasteiger partial charge in [0.05, 0.1) is 23.2 Å². The molecule has 0 aliphatic carbocycles. The first-order chi connectivity index (χ1) is 17.3. The summed E-state index contributed by atoms with van der Waals surface area (Å²) < 4.78 is 34.8. The van der Waals surface area contributed by atoms with Crippen LogP contribution in [0.4, 0.5) is 11.4 Å². The second-order valence-corrected chi connectivity index (χ2v) is 10.4. The molecule has 1 unspecified atom stereocenters. The molecule has 0 bridgehead atoms. The molecule has 36 heavy (non-hydrogen) atoms. The molecule has 0 radical (unpaired) electrons. The van der Waals surface area contributed by atoms with Crippen LogP contribution in [0, 0.1) is 5.92 Å². The van der Waals surface area contributed by atoms with Gasteiger partial charge in [-0.15, -0.1) is 4.40 Å². The van der Waals surface area contributed by atoms with E-state index in [1.807, 2.05) is 30.3 Å². The Bertz CT molecular complexity index is 1460. The van der Waals surface area contributed by atoms with Crippen LogP contribution in [0.15, 0.2) is 88.2 Å². The van der Waals surface area contributed by atoms with Gasteiger partial charge in [-0.05, 0) is 36.4 Å². The summed E-state index contributed by atoms with van der Waals surface area (Å²) in [6, 6.07) is 22.7. The normalized spacial score (nSPS) is 18.0. The van der Waals surface area contributed by atoms with E-state index in [9.17, 15) is 18.0 Å². The van der Waals surface area contributed by atoms with Crippen LogP contribution in [0.1, 0.15) is 12.0 Å². The second-order valence-electron chi connectivity index (χ2n) is 8.40. The summed E-state index contributed by atoms with van der Waals surface area (Å²) in [5.41, 5.74) is 1.72. The van der Waals surface area contributed by atoms with Crippen molar-refractivity contribution in [2.75, 3.05) is 29.5 Å². The number of ether oxygens (including phenoxy) is 1. The Morgan fingerprint density at radius 3 is 2.50 bits per heavy atom. The van der Waals surface area contributed by atoms with Crippen LogP contribution in [0.2, 0.25) is 5.02 Å². The van der Waals surface area contributed by atoms with E-state index in [2.05, 4.69) is 4.40 Å². The van der Waals surface area contributed by atoms with E-state index in [-0.39, 0.29) is 42.8 Å². The number of esters is 1. The molecule has 5 rings (SSSR count). The number of nitrogens with zero attached hydrogens (tertiary/aromatic N) is 3. The molecule has 3 aromatic rings. The van der Waals surface area contributed by atoms with E-state index in [4.69, 9.17) is 16.3 Å². The highest BCUT2D eigenvalue weighted by Gasteiger charge is 2.37. The van der Waals surface area contributed by atoms with Crippen molar-refractivity contribution in [3.05, 3.63) is 89.4 Å². The molecule has 3 aromatic carbocycles. The van der Waals surface area contributed by atoms with Crippen molar-refractivity contribution in [2.24, 2.45) is 10.3 Å². The van der Waals surface area contributed by atoms with Gasteiger partial charge in [-0.25, -0.2) is 0 Å². The number of hydrogen-bond acceptors (Lipinski definition) is 6. The highest BCUT2D eigenvalue weighted by Crippen LogP contribution is 2.33. The van der Waals surface area contributed by atoms with Crippen molar-refractivity contribution >= 4 is 50.7 Å². The third kappa shape index (κ3) is 4.59.